The summed E-state index contributed by atoms with van der Waals surface area (Å²) in [6, 6.07) is 2.82. The molecule has 0 aliphatic heterocycles. The predicted molar refractivity (Wildman–Crippen MR) is 68.6 cm³/mol. The van der Waals surface area contributed by atoms with Crippen LogP contribution >= 0.6 is 0 Å². The Morgan fingerprint density at radius 3 is 2.79 bits per heavy atom. The van der Waals surface area contributed by atoms with Gasteiger partial charge < -0.3 is 10.3 Å². The van der Waals surface area contributed by atoms with Crippen molar-refractivity contribution in [3.05, 3.63) is 30.0 Å². The van der Waals surface area contributed by atoms with Crippen LogP contribution in [0.15, 0.2) is 22.9 Å². The van der Waals surface area contributed by atoms with Crippen molar-refractivity contribution < 1.29 is 8.91 Å². The summed E-state index contributed by atoms with van der Waals surface area (Å²) in [5.74, 6) is 0.962. The average molecular weight is 264 g/mol. The maximum absolute atomic E-state index is 12.8. The van der Waals surface area contributed by atoms with Crippen molar-refractivity contribution in [3.63, 3.8) is 0 Å². The standard InChI is InChI=1S/C13H17FN4O/c1-8(2)5-10(15)6-12-17-13(18-19-12)11-4-3-9(14)7-16-11/h3-4,7-8,10H,5-6,15H2,1-2H3. The Morgan fingerprint density at radius 2 is 2.16 bits per heavy atom. The van der Waals surface area contributed by atoms with E-state index in [-0.39, 0.29) is 6.04 Å². The van der Waals surface area contributed by atoms with Crippen LogP contribution in [0.25, 0.3) is 11.5 Å². The molecule has 2 aromatic rings. The van der Waals surface area contributed by atoms with Crippen LogP contribution in [0.5, 0.6) is 0 Å². The molecule has 0 amide bonds. The van der Waals surface area contributed by atoms with Crippen molar-refractivity contribution >= 4 is 0 Å². The van der Waals surface area contributed by atoms with Gasteiger partial charge in [-0.05, 0) is 24.5 Å². The highest BCUT2D eigenvalue weighted by atomic mass is 19.1. The SMILES string of the molecule is CC(C)CC(N)Cc1nc(-c2ccc(F)cn2)no1. The molecule has 2 aromatic heterocycles. The van der Waals surface area contributed by atoms with Crippen LogP contribution in [-0.2, 0) is 6.42 Å². The largest absolute Gasteiger partial charge is 0.339 e. The van der Waals surface area contributed by atoms with Crippen molar-refractivity contribution in [2.45, 2.75) is 32.7 Å². The summed E-state index contributed by atoms with van der Waals surface area (Å²) < 4.78 is 17.9. The Kier molecular flexibility index (Phi) is 4.21. The maximum Gasteiger partial charge on any atom is 0.228 e. The van der Waals surface area contributed by atoms with Gasteiger partial charge in [0.15, 0.2) is 0 Å². The summed E-state index contributed by atoms with van der Waals surface area (Å²) in [6.07, 6.45) is 2.55. The van der Waals surface area contributed by atoms with E-state index in [9.17, 15) is 4.39 Å². The van der Waals surface area contributed by atoms with E-state index in [1.54, 1.807) is 0 Å². The number of hydrogen-bond acceptors (Lipinski definition) is 5. The minimum atomic E-state index is -0.397. The molecule has 0 aliphatic rings. The van der Waals surface area contributed by atoms with Crippen LogP contribution in [0.1, 0.15) is 26.2 Å². The minimum Gasteiger partial charge on any atom is -0.339 e. The Labute approximate surface area is 111 Å². The van der Waals surface area contributed by atoms with Gasteiger partial charge in [-0.15, -0.1) is 0 Å². The molecule has 0 radical (unpaired) electrons. The van der Waals surface area contributed by atoms with E-state index < -0.39 is 5.82 Å². The molecule has 2 N–H and O–H groups in total. The van der Waals surface area contributed by atoms with Crippen molar-refractivity contribution in [2.24, 2.45) is 11.7 Å². The van der Waals surface area contributed by atoms with Crippen molar-refractivity contribution in [1.29, 1.82) is 0 Å². The first-order valence-corrected chi connectivity index (χ1v) is 6.24. The molecular formula is C13H17FN4O. The van der Waals surface area contributed by atoms with Crippen molar-refractivity contribution in [2.75, 3.05) is 0 Å². The summed E-state index contributed by atoms with van der Waals surface area (Å²) in [5, 5.41) is 3.82. The first kappa shape index (κ1) is 13.6. The molecule has 0 spiro atoms. The van der Waals surface area contributed by atoms with E-state index in [2.05, 4.69) is 29.0 Å². The number of nitrogens with zero attached hydrogens (tertiary/aromatic N) is 3. The summed E-state index contributed by atoms with van der Waals surface area (Å²) in [4.78, 5) is 8.11. The Bertz CT molecular complexity index is 524. The monoisotopic (exact) mass is 264 g/mol. The smallest absolute Gasteiger partial charge is 0.228 e. The molecule has 0 saturated heterocycles. The van der Waals surface area contributed by atoms with Gasteiger partial charge in [-0.3, -0.25) is 0 Å². The molecule has 0 aliphatic carbocycles. The van der Waals surface area contributed by atoms with Crippen molar-refractivity contribution in [3.8, 4) is 11.5 Å². The molecule has 5 nitrogen and oxygen atoms in total. The quantitative estimate of drug-likeness (QED) is 0.895. The average Bonchev–Trinajstić information content (AvgIpc) is 2.77. The fourth-order valence-electron chi connectivity index (χ4n) is 1.86. The third kappa shape index (κ3) is 3.82. The minimum absolute atomic E-state index is 0.00511. The van der Waals surface area contributed by atoms with E-state index in [4.69, 9.17) is 10.3 Å². The number of nitrogens with two attached hydrogens (primary N) is 1. The molecule has 1 unspecified atom stereocenters. The summed E-state index contributed by atoms with van der Waals surface area (Å²) in [6.45, 7) is 4.23. The number of hydrogen-bond donors (Lipinski definition) is 1. The molecule has 102 valence electrons. The highest BCUT2D eigenvalue weighted by molar-refractivity contribution is 5.47. The first-order valence-electron chi connectivity index (χ1n) is 6.24. The zero-order chi connectivity index (χ0) is 13.8. The summed E-state index contributed by atoms with van der Waals surface area (Å²) in [5.41, 5.74) is 6.46. The van der Waals surface area contributed by atoms with Crippen LogP contribution in [0.4, 0.5) is 4.39 Å². The fourth-order valence-corrected chi connectivity index (χ4v) is 1.86. The lowest BCUT2D eigenvalue weighted by atomic mass is 10.0. The molecule has 0 saturated carbocycles. The molecule has 2 heterocycles. The number of halogens is 1. The first-order chi connectivity index (χ1) is 9.04. The second kappa shape index (κ2) is 5.88. The van der Waals surface area contributed by atoms with Crippen LogP contribution in [0.2, 0.25) is 0 Å². The van der Waals surface area contributed by atoms with Crippen molar-refractivity contribution in [1.82, 2.24) is 15.1 Å². The highest BCUT2D eigenvalue weighted by Gasteiger charge is 2.14. The van der Waals surface area contributed by atoms with Gasteiger partial charge in [-0.25, -0.2) is 9.37 Å². The van der Waals surface area contributed by atoms with Gasteiger partial charge in [0.25, 0.3) is 0 Å². The van der Waals surface area contributed by atoms with Crippen LogP contribution in [-0.4, -0.2) is 21.2 Å². The molecule has 2 rings (SSSR count). The Morgan fingerprint density at radius 1 is 1.37 bits per heavy atom. The topological polar surface area (TPSA) is 77.8 Å². The molecule has 19 heavy (non-hydrogen) atoms. The lowest BCUT2D eigenvalue weighted by Crippen LogP contribution is -2.24. The van der Waals surface area contributed by atoms with Crippen LogP contribution in [0.3, 0.4) is 0 Å². The number of aromatic nitrogens is 3. The second-order valence-corrected chi connectivity index (χ2v) is 4.97. The second-order valence-electron chi connectivity index (χ2n) is 4.97. The molecule has 6 heteroatoms. The normalized spacial score (nSPS) is 12.9. The summed E-state index contributed by atoms with van der Waals surface area (Å²) >= 11 is 0. The molecular weight excluding hydrogens is 247 g/mol. The predicted octanol–water partition coefficient (Wildman–Crippen LogP) is 2.19. The van der Waals surface area contributed by atoms with Gasteiger partial charge in [0.05, 0.1) is 6.20 Å². The van der Waals surface area contributed by atoms with Gasteiger partial charge in [-0.1, -0.05) is 19.0 Å². The zero-order valence-electron chi connectivity index (χ0n) is 11.0. The van der Waals surface area contributed by atoms with E-state index in [0.717, 1.165) is 12.6 Å². The lowest BCUT2D eigenvalue weighted by molar-refractivity contribution is 0.359. The third-order valence-corrected chi connectivity index (χ3v) is 2.64. The molecule has 0 aromatic carbocycles. The van der Waals surface area contributed by atoms with E-state index in [1.807, 2.05) is 0 Å². The zero-order valence-corrected chi connectivity index (χ0v) is 11.0. The van der Waals surface area contributed by atoms with Gasteiger partial charge >= 0.3 is 0 Å². The van der Waals surface area contributed by atoms with E-state index in [1.165, 1.54) is 12.1 Å². The van der Waals surface area contributed by atoms with Crippen LogP contribution in [0, 0.1) is 11.7 Å². The Hall–Kier alpha value is -1.82. The summed E-state index contributed by atoms with van der Waals surface area (Å²) in [7, 11) is 0. The fraction of sp³-hybridized carbons (Fsp3) is 0.462. The van der Waals surface area contributed by atoms with Gasteiger partial charge in [0.1, 0.15) is 11.5 Å². The van der Waals surface area contributed by atoms with E-state index in [0.29, 0.717) is 29.7 Å². The maximum atomic E-state index is 12.8. The Balaban J connectivity index is 2.04. The van der Waals surface area contributed by atoms with Gasteiger partial charge in [0.2, 0.25) is 11.7 Å². The number of rotatable bonds is 5. The lowest BCUT2D eigenvalue weighted by Gasteiger charge is -2.10. The highest BCUT2D eigenvalue weighted by Crippen LogP contribution is 2.14. The van der Waals surface area contributed by atoms with E-state index >= 15 is 0 Å². The molecule has 0 fully saturated rings. The molecule has 0 bridgehead atoms. The number of pyridine rings is 1. The van der Waals surface area contributed by atoms with Gasteiger partial charge in [0, 0.05) is 12.5 Å². The van der Waals surface area contributed by atoms with Gasteiger partial charge in [-0.2, -0.15) is 4.98 Å². The van der Waals surface area contributed by atoms with Crippen LogP contribution < -0.4 is 5.73 Å². The molecule has 1 atom stereocenters. The third-order valence-electron chi connectivity index (χ3n) is 2.64.